The maximum Gasteiger partial charge on any atom is 0.131 e. The summed E-state index contributed by atoms with van der Waals surface area (Å²) >= 11 is 2.90. The van der Waals surface area contributed by atoms with Gasteiger partial charge in [0.2, 0.25) is 0 Å². The lowest BCUT2D eigenvalue weighted by atomic mass is 10.2. The zero-order valence-corrected chi connectivity index (χ0v) is 7.81. The van der Waals surface area contributed by atoms with E-state index in [0.29, 0.717) is 0 Å². The number of rotatable bonds is 2. The monoisotopic (exact) mass is 197 g/mol. The van der Waals surface area contributed by atoms with Gasteiger partial charge in [-0.15, -0.1) is 11.3 Å². The van der Waals surface area contributed by atoms with Crippen molar-refractivity contribution in [1.82, 2.24) is 4.37 Å². The molecule has 0 spiro atoms. The van der Waals surface area contributed by atoms with Gasteiger partial charge in [0.05, 0.1) is 5.69 Å². The molecule has 0 saturated carbocycles. The van der Waals surface area contributed by atoms with Gasteiger partial charge in [-0.05, 0) is 29.0 Å². The molecule has 2 aromatic heterocycles. The van der Waals surface area contributed by atoms with Crippen molar-refractivity contribution in [3.05, 3.63) is 39.5 Å². The minimum atomic E-state index is -0.545. The SMILES string of the molecule is OC(c1ccsn1)c1cccs1. The van der Waals surface area contributed by atoms with Gasteiger partial charge in [0.15, 0.2) is 0 Å². The zero-order valence-electron chi connectivity index (χ0n) is 6.18. The van der Waals surface area contributed by atoms with Crippen LogP contribution in [0.3, 0.4) is 0 Å². The fraction of sp³-hybridized carbons (Fsp3) is 0.125. The van der Waals surface area contributed by atoms with Crippen molar-refractivity contribution >= 4 is 22.9 Å². The van der Waals surface area contributed by atoms with Crippen molar-refractivity contribution in [1.29, 1.82) is 0 Å². The molecular formula is C8H7NOS2. The Morgan fingerprint density at radius 3 is 2.83 bits per heavy atom. The van der Waals surface area contributed by atoms with Crippen LogP contribution in [0.1, 0.15) is 16.7 Å². The van der Waals surface area contributed by atoms with E-state index >= 15 is 0 Å². The molecule has 0 amide bonds. The van der Waals surface area contributed by atoms with Crippen molar-refractivity contribution in [2.75, 3.05) is 0 Å². The van der Waals surface area contributed by atoms with Crippen molar-refractivity contribution in [2.45, 2.75) is 6.10 Å². The number of aromatic nitrogens is 1. The highest BCUT2D eigenvalue weighted by molar-refractivity contribution is 7.10. The molecule has 62 valence electrons. The Kier molecular flexibility index (Phi) is 2.21. The molecule has 1 unspecified atom stereocenters. The van der Waals surface area contributed by atoms with Crippen LogP contribution >= 0.6 is 22.9 Å². The Balaban J connectivity index is 2.27. The Hall–Kier alpha value is -0.710. The first-order chi connectivity index (χ1) is 5.88. The van der Waals surface area contributed by atoms with Crippen molar-refractivity contribution in [2.24, 2.45) is 0 Å². The lowest BCUT2D eigenvalue weighted by molar-refractivity contribution is 0.220. The highest BCUT2D eigenvalue weighted by Gasteiger charge is 2.12. The second kappa shape index (κ2) is 3.35. The lowest BCUT2D eigenvalue weighted by Crippen LogP contribution is -1.95. The van der Waals surface area contributed by atoms with E-state index in [0.717, 1.165) is 10.6 Å². The Morgan fingerprint density at radius 2 is 2.25 bits per heavy atom. The third kappa shape index (κ3) is 1.41. The van der Waals surface area contributed by atoms with Gasteiger partial charge in [-0.1, -0.05) is 6.07 Å². The smallest absolute Gasteiger partial charge is 0.131 e. The predicted molar refractivity (Wildman–Crippen MR) is 50.5 cm³/mol. The fourth-order valence-electron chi connectivity index (χ4n) is 0.956. The van der Waals surface area contributed by atoms with E-state index in [-0.39, 0.29) is 0 Å². The largest absolute Gasteiger partial charge is 0.381 e. The Labute approximate surface area is 78.3 Å². The van der Waals surface area contributed by atoms with Crippen molar-refractivity contribution < 1.29 is 5.11 Å². The second-order valence-electron chi connectivity index (χ2n) is 2.34. The minimum absolute atomic E-state index is 0.545. The number of thiophene rings is 1. The summed E-state index contributed by atoms with van der Waals surface area (Å²) < 4.78 is 4.07. The molecule has 0 radical (unpaired) electrons. The average molecular weight is 197 g/mol. The molecule has 4 heteroatoms. The van der Waals surface area contributed by atoms with E-state index in [2.05, 4.69) is 4.37 Å². The summed E-state index contributed by atoms with van der Waals surface area (Å²) in [6.45, 7) is 0. The molecular weight excluding hydrogens is 190 g/mol. The van der Waals surface area contributed by atoms with E-state index < -0.39 is 6.10 Å². The van der Waals surface area contributed by atoms with Gasteiger partial charge >= 0.3 is 0 Å². The highest BCUT2D eigenvalue weighted by atomic mass is 32.1. The topological polar surface area (TPSA) is 33.1 Å². The van der Waals surface area contributed by atoms with Gasteiger partial charge in [0, 0.05) is 10.3 Å². The minimum Gasteiger partial charge on any atom is -0.381 e. The molecule has 0 fully saturated rings. The van der Waals surface area contributed by atoms with Gasteiger partial charge in [0.1, 0.15) is 6.10 Å². The normalized spacial score (nSPS) is 13.1. The van der Waals surface area contributed by atoms with Gasteiger partial charge in [-0.3, -0.25) is 0 Å². The summed E-state index contributed by atoms with van der Waals surface area (Å²) in [5.41, 5.74) is 0.738. The number of hydrogen-bond acceptors (Lipinski definition) is 4. The van der Waals surface area contributed by atoms with Crippen LogP contribution in [0.4, 0.5) is 0 Å². The predicted octanol–water partition coefficient (Wildman–Crippen LogP) is 2.29. The molecule has 0 aliphatic rings. The van der Waals surface area contributed by atoms with Gasteiger partial charge in [-0.25, -0.2) is 0 Å². The first kappa shape index (κ1) is 7.91. The van der Waals surface area contributed by atoms with Gasteiger partial charge in [-0.2, -0.15) is 4.37 Å². The molecule has 0 bridgehead atoms. The number of aliphatic hydroxyl groups is 1. The van der Waals surface area contributed by atoms with E-state index in [1.165, 1.54) is 11.5 Å². The van der Waals surface area contributed by atoms with Crippen LogP contribution in [0.2, 0.25) is 0 Å². The van der Waals surface area contributed by atoms with Crippen molar-refractivity contribution in [3.63, 3.8) is 0 Å². The summed E-state index contributed by atoms with van der Waals surface area (Å²) in [4.78, 5) is 0.945. The zero-order chi connectivity index (χ0) is 8.39. The molecule has 0 aromatic carbocycles. The van der Waals surface area contributed by atoms with E-state index in [1.807, 2.05) is 29.0 Å². The summed E-state index contributed by atoms with van der Waals surface area (Å²) in [7, 11) is 0. The van der Waals surface area contributed by atoms with Crippen LogP contribution in [-0.2, 0) is 0 Å². The third-order valence-corrected chi connectivity index (χ3v) is 3.05. The van der Waals surface area contributed by atoms with E-state index in [9.17, 15) is 5.11 Å². The quantitative estimate of drug-likeness (QED) is 0.801. The Morgan fingerprint density at radius 1 is 1.33 bits per heavy atom. The maximum atomic E-state index is 9.72. The van der Waals surface area contributed by atoms with Crippen LogP contribution in [0.5, 0.6) is 0 Å². The van der Waals surface area contributed by atoms with E-state index in [4.69, 9.17) is 0 Å². The van der Waals surface area contributed by atoms with E-state index in [1.54, 1.807) is 11.3 Å². The first-order valence-electron chi connectivity index (χ1n) is 3.49. The standard InChI is InChI=1S/C8H7NOS2/c10-8(6-3-5-12-9-6)7-2-1-4-11-7/h1-5,8,10H. The third-order valence-electron chi connectivity index (χ3n) is 1.55. The first-order valence-corrected chi connectivity index (χ1v) is 5.21. The molecule has 2 rings (SSSR count). The van der Waals surface area contributed by atoms with Gasteiger partial charge in [0.25, 0.3) is 0 Å². The Bertz CT molecular complexity index is 294. The summed E-state index contributed by atoms with van der Waals surface area (Å²) in [6.07, 6.45) is -0.545. The highest BCUT2D eigenvalue weighted by Crippen LogP contribution is 2.24. The molecule has 2 heterocycles. The molecule has 2 aromatic rings. The lowest BCUT2D eigenvalue weighted by Gasteiger charge is -2.02. The molecule has 0 saturated heterocycles. The molecule has 12 heavy (non-hydrogen) atoms. The average Bonchev–Trinajstić information content (AvgIpc) is 2.77. The molecule has 0 aliphatic carbocycles. The van der Waals surface area contributed by atoms with Crippen LogP contribution in [0.15, 0.2) is 29.0 Å². The fourth-order valence-corrected chi connectivity index (χ4v) is 2.22. The van der Waals surface area contributed by atoms with Crippen LogP contribution < -0.4 is 0 Å². The summed E-state index contributed by atoms with van der Waals surface area (Å²) in [5, 5.41) is 13.5. The summed E-state index contributed by atoms with van der Waals surface area (Å²) in [5.74, 6) is 0. The second-order valence-corrected chi connectivity index (χ2v) is 3.99. The molecule has 2 nitrogen and oxygen atoms in total. The van der Waals surface area contributed by atoms with Crippen LogP contribution in [0.25, 0.3) is 0 Å². The van der Waals surface area contributed by atoms with Crippen LogP contribution in [-0.4, -0.2) is 9.48 Å². The number of aliphatic hydroxyl groups excluding tert-OH is 1. The molecule has 0 aliphatic heterocycles. The molecule has 1 atom stereocenters. The molecule has 1 N–H and O–H groups in total. The van der Waals surface area contributed by atoms with Crippen LogP contribution in [0, 0.1) is 0 Å². The van der Waals surface area contributed by atoms with Crippen molar-refractivity contribution in [3.8, 4) is 0 Å². The summed E-state index contributed by atoms with van der Waals surface area (Å²) in [6, 6.07) is 5.68. The maximum absolute atomic E-state index is 9.72. The van der Waals surface area contributed by atoms with Gasteiger partial charge < -0.3 is 5.11 Å². The number of hydrogen-bond donors (Lipinski definition) is 1. The number of nitrogens with zero attached hydrogens (tertiary/aromatic N) is 1.